The summed E-state index contributed by atoms with van der Waals surface area (Å²) in [5, 5.41) is 2.94. The van der Waals surface area contributed by atoms with Crippen molar-refractivity contribution in [2.75, 3.05) is 13.2 Å². The summed E-state index contributed by atoms with van der Waals surface area (Å²) in [7, 11) is -0.590. The Hall–Kier alpha value is -2.87. The number of hydrogen-bond acceptors (Lipinski definition) is 4. The fourth-order valence-electron chi connectivity index (χ4n) is 5.00. The average molecular weight is 574 g/mol. The number of rotatable bonds is 6. The first-order chi connectivity index (χ1) is 18.1. The van der Waals surface area contributed by atoms with Gasteiger partial charge in [0.05, 0.1) is 11.2 Å². The maximum absolute atomic E-state index is 12.9. The predicted molar refractivity (Wildman–Crippen MR) is 156 cm³/mol. The molecular weight excluding hydrogens is 541 g/mol. The van der Waals surface area contributed by atoms with E-state index in [9.17, 15) is 4.79 Å². The Bertz CT molecular complexity index is 1340. The van der Waals surface area contributed by atoms with Crippen LogP contribution in [0.25, 0.3) is 17.2 Å². The van der Waals surface area contributed by atoms with Gasteiger partial charge in [-0.15, -0.1) is 0 Å². The SMILES string of the molecule is Cc1c(Br)cccc1C=C(CNC(=O)OCC1c2ccccc2-c2ccccc21)B1OC(C)(C)C(C)(C)O1. The predicted octanol–water partition coefficient (Wildman–Crippen LogP) is 7.31. The zero-order valence-electron chi connectivity index (χ0n) is 22.5. The topological polar surface area (TPSA) is 56.8 Å². The van der Waals surface area contributed by atoms with Crippen LogP contribution in [-0.2, 0) is 14.0 Å². The first kappa shape index (κ1) is 26.7. The smallest absolute Gasteiger partial charge is 0.449 e. The van der Waals surface area contributed by atoms with Crippen LogP contribution >= 0.6 is 15.9 Å². The first-order valence-corrected chi connectivity index (χ1v) is 13.8. The number of halogens is 1. The second-order valence-corrected chi connectivity index (χ2v) is 11.8. The summed E-state index contributed by atoms with van der Waals surface area (Å²) in [4.78, 5) is 12.9. The number of ether oxygens (including phenoxy) is 1. The lowest BCUT2D eigenvalue weighted by Crippen LogP contribution is -2.41. The number of alkyl carbamates (subject to hydrolysis) is 1. The maximum atomic E-state index is 12.9. The Morgan fingerprint density at radius 1 is 0.947 bits per heavy atom. The van der Waals surface area contributed by atoms with Gasteiger partial charge in [0, 0.05) is 16.9 Å². The van der Waals surface area contributed by atoms with Gasteiger partial charge < -0.3 is 19.4 Å². The molecule has 196 valence electrons. The van der Waals surface area contributed by atoms with Crippen LogP contribution in [0.5, 0.6) is 0 Å². The van der Waals surface area contributed by atoms with Crippen LogP contribution in [0, 0.1) is 6.92 Å². The molecule has 1 N–H and O–H groups in total. The van der Waals surface area contributed by atoms with E-state index in [-0.39, 0.29) is 19.1 Å². The van der Waals surface area contributed by atoms with Gasteiger partial charge in [0.1, 0.15) is 6.61 Å². The number of amides is 1. The van der Waals surface area contributed by atoms with Crippen molar-refractivity contribution in [1.29, 1.82) is 0 Å². The number of carbonyl (C=O) groups excluding carboxylic acids is 1. The highest BCUT2D eigenvalue weighted by atomic mass is 79.9. The van der Waals surface area contributed by atoms with Crippen molar-refractivity contribution in [2.24, 2.45) is 0 Å². The molecule has 0 bridgehead atoms. The Balaban J connectivity index is 1.31. The fourth-order valence-corrected chi connectivity index (χ4v) is 5.38. The minimum Gasteiger partial charge on any atom is -0.449 e. The van der Waals surface area contributed by atoms with E-state index in [0.717, 1.165) is 21.1 Å². The molecule has 0 spiro atoms. The highest BCUT2D eigenvalue weighted by molar-refractivity contribution is 9.10. The van der Waals surface area contributed by atoms with E-state index in [1.807, 2.05) is 76.2 Å². The molecule has 0 radical (unpaired) electrons. The quantitative estimate of drug-likeness (QED) is 0.314. The third-order valence-electron chi connectivity index (χ3n) is 7.99. The van der Waals surface area contributed by atoms with Gasteiger partial charge in [-0.25, -0.2) is 4.79 Å². The summed E-state index contributed by atoms with van der Waals surface area (Å²) in [6, 6.07) is 22.7. The van der Waals surface area contributed by atoms with E-state index < -0.39 is 24.4 Å². The van der Waals surface area contributed by atoms with Crippen LogP contribution < -0.4 is 5.32 Å². The lowest BCUT2D eigenvalue weighted by atomic mass is 9.76. The molecule has 0 aromatic heterocycles. The second kappa shape index (κ2) is 10.4. The van der Waals surface area contributed by atoms with E-state index in [1.54, 1.807) is 0 Å². The van der Waals surface area contributed by atoms with Crippen molar-refractivity contribution in [3.05, 3.63) is 98.9 Å². The summed E-state index contributed by atoms with van der Waals surface area (Å²) in [5.41, 5.74) is 6.73. The van der Waals surface area contributed by atoms with Gasteiger partial charge in [0.2, 0.25) is 0 Å². The van der Waals surface area contributed by atoms with Gasteiger partial charge >= 0.3 is 13.2 Å². The number of hydrogen-bond donors (Lipinski definition) is 1. The van der Waals surface area contributed by atoms with Crippen LogP contribution in [0.4, 0.5) is 4.79 Å². The van der Waals surface area contributed by atoms with Gasteiger partial charge in [-0.1, -0.05) is 82.7 Å². The van der Waals surface area contributed by atoms with Gasteiger partial charge in [-0.3, -0.25) is 0 Å². The van der Waals surface area contributed by atoms with Crippen LogP contribution in [0.2, 0.25) is 0 Å². The van der Waals surface area contributed by atoms with E-state index in [1.165, 1.54) is 22.3 Å². The Kier molecular flexibility index (Phi) is 7.29. The van der Waals surface area contributed by atoms with Crippen LogP contribution in [0.1, 0.15) is 55.9 Å². The zero-order chi connectivity index (χ0) is 27.1. The second-order valence-electron chi connectivity index (χ2n) is 10.9. The monoisotopic (exact) mass is 573 g/mol. The van der Waals surface area contributed by atoms with Gasteiger partial charge in [0.25, 0.3) is 0 Å². The molecule has 1 aliphatic carbocycles. The third-order valence-corrected chi connectivity index (χ3v) is 8.85. The molecule has 1 fully saturated rings. The Morgan fingerprint density at radius 3 is 2.13 bits per heavy atom. The van der Waals surface area contributed by atoms with Gasteiger partial charge in [-0.05, 0) is 79.5 Å². The molecule has 1 amide bonds. The normalized spacial score (nSPS) is 17.7. The molecule has 7 heteroatoms. The van der Waals surface area contributed by atoms with Gasteiger partial charge in [0.15, 0.2) is 0 Å². The highest BCUT2D eigenvalue weighted by Crippen LogP contribution is 2.44. The van der Waals surface area contributed by atoms with Crippen LogP contribution in [-0.4, -0.2) is 37.6 Å². The largest absolute Gasteiger partial charge is 0.492 e. The van der Waals surface area contributed by atoms with E-state index in [2.05, 4.69) is 52.4 Å². The van der Waals surface area contributed by atoms with Crippen molar-refractivity contribution < 1.29 is 18.8 Å². The van der Waals surface area contributed by atoms with Crippen LogP contribution in [0.3, 0.4) is 0 Å². The molecule has 5 rings (SSSR count). The third kappa shape index (κ3) is 5.07. The molecule has 2 aliphatic rings. The Morgan fingerprint density at radius 2 is 1.53 bits per heavy atom. The molecule has 0 unspecified atom stereocenters. The first-order valence-electron chi connectivity index (χ1n) is 13.0. The lowest BCUT2D eigenvalue weighted by molar-refractivity contribution is 0.00578. The number of carbonyl (C=O) groups is 1. The fraction of sp³-hybridized carbons (Fsp3) is 0.323. The van der Waals surface area contributed by atoms with Gasteiger partial charge in [-0.2, -0.15) is 0 Å². The van der Waals surface area contributed by atoms with Crippen molar-refractivity contribution in [3.8, 4) is 11.1 Å². The molecular formula is C31H33BBrNO4. The minimum atomic E-state index is -0.590. The number of fused-ring (bicyclic) bond motifs is 3. The standard InChI is InChI=1S/C31H33BBrNO4/c1-20-21(11-10-16-28(20)33)17-22(32-37-30(2,3)31(4,5)38-32)18-34-29(35)36-19-27-25-14-8-6-12-23(25)24-13-7-9-15-26(24)27/h6-17,27H,18-19H2,1-5H3,(H,34,35). The molecule has 5 nitrogen and oxygen atoms in total. The summed E-state index contributed by atoms with van der Waals surface area (Å²) < 4.78 is 19.4. The molecule has 38 heavy (non-hydrogen) atoms. The highest BCUT2D eigenvalue weighted by Gasteiger charge is 2.52. The number of benzene rings is 3. The van der Waals surface area contributed by atoms with E-state index >= 15 is 0 Å². The lowest BCUT2D eigenvalue weighted by Gasteiger charge is -2.32. The maximum Gasteiger partial charge on any atom is 0.492 e. The number of nitrogens with one attached hydrogen (secondary N) is 1. The zero-order valence-corrected chi connectivity index (χ0v) is 24.1. The van der Waals surface area contributed by atoms with E-state index in [4.69, 9.17) is 14.0 Å². The molecule has 0 atom stereocenters. The molecule has 1 aliphatic heterocycles. The van der Waals surface area contributed by atoms with Crippen molar-refractivity contribution >= 4 is 35.2 Å². The molecule has 3 aromatic carbocycles. The van der Waals surface area contributed by atoms with Crippen molar-refractivity contribution in [1.82, 2.24) is 5.32 Å². The summed E-state index contributed by atoms with van der Waals surface area (Å²) in [5.74, 6) is 0.00979. The summed E-state index contributed by atoms with van der Waals surface area (Å²) >= 11 is 3.61. The summed E-state index contributed by atoms with van der Waals surface area (Å²) in [6.07, 6.45) is 1.56. The summed E-state index contributed by atoms with van der Waals surface area (Å²) in [6.45, 7) is 10.6. The molecule has 1 heterocycles. The van der Waals surface area contributed by atoms with Crippen LogP contribution in [0.15, 0.2) is 76.7 Å². The minimum absolute atomic E-state index is 0.00979. The van der Waals surface area contributed by atoms with Crippen molar-refractivity contribution in [2.45, 2.75) is 51.7 Å². The van der Waals surface area contributed by atoms with E-state index in [0.29, 0.717) is 0 Å². The average Bonchev–Trinajstić information content (AvgIpc) is 3.32. The molecule has 3 aromatic rings. The molecule has 0 saturated carbocycles. The Labute approximate surface area is 233 Å². The molecule has 1 saturated heterocycles. The van der Waals surface area contributed by atoms with Crippen molar-refractivity contribution in [3.63, 3.8) is 0 Å².